The van der Waals surface area contributed by atoms with Gasteiger partial charge in [-0.15, -0.1) is 0 Å². The number of rotatable bonds is 2. The molecule has 0 radical (unpaired) electrons. The Morgan fingerprint density at radius 1 is 1.50 bits per heavy atom. The van der Waals surface area contributed by atoms with Gasteiger partial charge in [-0.3, -0.25) is 0 Å². The average molecular weight is 192 g/mol. The quantitative estimate of drug-likeness (QED) is 0.752. The third kappa shape index (κ3) is 1.63. The molecule has 3 heteroatoms. The molecule has 0 aliphatic carbocycles. The summed E-state index contributed by atoms with van der Waals surface area (Å²) in [6, 6.07) is 4.98. The zero-order valence-electron chi connectivity index (χ0n) is 8.05. The van der Waals surface area contributed by atoms with E-state index in [4.69, 9.17) is 5.73 Å². The van der Waals surface area contributed by atoms with Gasteiger partial charge < -0.3 is 10.7 Å². The SMILES string of the molecule is CC(N)Cc1cc(F)cc2cc[nH]c12. The Kier molecular flexibility index (Phi) is 2.25. The predicted molar refractivity (Wildman–Crippen MR) is 55.6 cm³/mol. The molecule has 74 valence electrons. The fourth-order valence-corrected chi connectivity index (χ4v) is 1.72. The standard InChI is InChI=1S/C11H13FN2/c1-7(13)4-9-6-10(12)5-8-2-3-14-11(8)9/h2-3,5-7,14H,4,13H2,1H3. The van der Waals surface area contributed by atoms with E-state index in [1.165, 1.54) is 6.07 Å². The molecule has 0 saturated heterocycles. The molecule has 0 amide bonds. The molecule has 2 aromatic rings. The number of benzene rings is 1. The number of hydrogen-bond acceptors (Lipinski definition) is 1. The topological polar surface area (TPSA) is 41.8 Å². The molecule has 1 aromatic heterocycles. The van der Waals surface area contributed by atoms with Gasteiger partial charge in [-0.05, 0) is 37.1 Å². The van der Waals surface area contributed by atoms with E-state index in [1.54, 1.807) is 6.07 Å². The first kappa shape index (κ1) is 9.21. The second-order valence-electron chi connectivity index (χ2n) is 3.69. The van der Waals surface area contributed by atoms with Crippen LogP contribution in [0.2, 0.25) is 0 Å². The monoisotopic (exact) mass is 192 g/mol. The Hall–Kier alpha value is -1.35. The van der Waals surface area contributed by atoms with Crippen LogP contribution in [0.4, 0.5) is 4.39 Å². The summed E-state index contributed by atoms with van der Waals surface area (Å²) in [6.07, 6.45) is 2.50. The summed E-state index contributed by atoms with van der Waals surface area (Å²) >= 11 is 0. The van der Waals surface area contributed by atoms with E-state index in [0.29, 0.717) is 6.42 Å². The molecule has 0 bridgehead atoms. The van der Waals surface area contributed by atoms with Gasteiger partial charge in [0.25, 0.3) is 0 Å². The van der Waals surface area contributed by atoms with Gasteiger partial charge in [-0.2, -0.15) is 0 Å². The minimum Gasteiger partial charge on any atom is -0.361 e. The van der Waals surface area contributed by atoms with Crippen LogP contribution in [0.3, 0.4) is 0 Å². The van der Waals surface area contributed by atoms with Gasteiger partial charge in [0.15, 0.2) is 0 Å². The Labute approximate surface area is 81.9 Å². The molecule has 0 fully saturated rings. The van der Waals surface area contributed by atoms with Crippen LogP contribution in [-0.2, 0) is 6.42 Å². The van der Waals surface area contributed by atoms with Gasteiger partial charge in [0, 0.05) is 23.1 Å². The van der Waals surface area contributed by atoms with E-state index < -0.39 is 0 Å². The predicted octanol–water partition coefficient (Wildman–Crippen LogP) is 2.20. The van der Waals surface area contributed by atoms with Crippen molar-refractivity contribution in [3.63, 3.8) is 0 Å². The Morgan fingerprint density at radius 2 is 2.29 bits per heavy atom. The van der Waals surface area contributed by atoms with Crippen molar-refractivity contribution in [2.45, 2.75) is 19.4 Å². The average Bonchev–Trinajstić information content (AvgIpc) is 2.50. The van der Waals surface area contributed by atoms with Gasteiger partial charge >= 0.3 is 0 Å². The molecule has 0 aliphatic rings. The number of halogens is 1. The van der Waals surface area contributed by atoms with Crippen molar-refractivity contribution in [2.24, 2.45) is 5.73 Å². The van der Waals surface area contributed by atoms with Gasteiger partial charge in [-0.25, -0.2) is 4.39 Å². The molecular formula is C11H13FN2. The highest BCUT2D eigenvalue weighted by Crippen LogP contribution is 2.20. The summed E-state index contributed by atoms with van der Waals surface area (Å²) in [5.74, 6) is -0.201. The smallest absolute Gasteiger partial charge is 0.124 e. The summed E-state index contributed by atoms with van der Waals surface area (Å²) in [7, 11) is 0. The van der Waals surface area contributed by atoms with Gasteiger partial charge in [-0.1, -0.05) is 0 Å². The van der Waals surface area contributed by atoms with Crippen molar-refractivity contribution in [2.75, 3.05) is 0 Å². The normalized spacial score (nSPS) is 13.4. The molecule has 1 aromatic carbocycles. The maximum Gasteiger partial charge on any atom is 0.124 e. The Bertz CT molecular complexity index is 445. The minimum absolute atomic E-state index is 0.0447. The van der Waals surface area contributed by atoms with Crippen LogP contribution >= 0.6 is 0 Å². The highest BCUT2D eigenvalue weighted by atomic mass is 19.1. The van der Waals surface area contributed by atoms with E-state index in [1.807, 2.05) is 19.2 Å². The van der Waals surface area contributed by atoms with Crippen LogP contribution in [0.5, 0.6) is 0 Å². The van der Waals surface area contributed by atoms with Crippen molar-refractivity contribution >= 4 is 10.9 Å². The second-order valence-corrected chi connectivity index (χ2v) is 3.69. The van der Waals surface area contributed by atoms with E-state index in [2.05, 4.69) is 4.98 Å². The van der Waals surface area contributed by atoms with Crippen LogP contribution in [-0.4, -0.2) is 11.0 Å². The van der Waals surface area contributed by atoms with Gasteiger partial charge in [0.1, 0.15) is 5.82 Å². The summed E-state index contributed by atoms with van der Waals surface area (Å²) in [6.45, 7) is 1.92. The lowest BCUT2D eigenvalue weighted by molar-refractivity contribution is 0.625. The van der Waals surface area contributed by atoms with Crippen LogP contribution in [0.1, 0.15) is 12.5 Å². The molecule has 0 aliphatic heterocycles. The summed E-state index contributed by atoms with van der Waals surface area (Å²) in [5, 5.41) is 0.903. The lowest BCUT2D eigenvalue weighted by Gasteiger charge is -2.06. The molecule has 2 rings (SSSR count). The van der Waals surface area contributed by atoms with Crippen molar-refractivity contribution in [3.05, 3.63) is 35.8 Å². The van der Waals surface area contributed by atoms with Crippen LogP contribution in [0.15, 0.2) is 24.4 Å². The fraction of sp³-hybridized carbons (Fsp3) is 0.273. The molecule has 1 unspecified atom stereocenters. The van der Waals surface area contributed by atoms with E-state index in [-0.39, 0.29) is 11.9 Å². The number of fused-ring (bicyclic) bond motifs is 1. The number of nitrogens with two attached hydrogens (primary N) is 1. The third-order valence-electron chi connectivity index (χ3n) is 2.25. The molecule has 14 heavy (non-hydrogen) atoms. The number of nitrogens with one attached hydrogen (secondary N) is 1. The fourth-order valence-electron chi connectivity index (χ4n) is 1.72. The minimum atomic E-state index is -0.201. The number of aromatic nitrogens is 1. The largest absolute Gasteiger partial charge is 0.361 e. The summed E-state index contributed by atoms with van der Waals surface area (Å²) in [5.41, 5.74) is 7.63. The molecule has 2 nitrogen and oxygen atoms in total. The van der Waals surface area contributed by atoms with E-state index in [9.17, 15) is 4.39 Å². The molecule has 1 heterocycles. The molecular weight excluding hydrogens is 179 g/mol. The molecule has 0 spiro atoms. The number of aromatic amines is 1. The highest BCUT2D eigenvalue weighted by molar-refractivity contribution is 5.82. The van der Waals surface area contributed by atoms with Crippen molar-refractivity contribution in [1.82, 2.24) is 4.98 Å². The van der Waals surface area contributed by atoms with Crippen LogP contribution in [0, 0.1) is 5.82 Å². The summed E-state index contributed by atoms with van der Waals surface area (Å²) in [4.78, 5) is 3.10. The maximum absolute atomic E-state index is 13.2. The lowest BCUT2D eigenvalue weighted by atomic mass is 10.0. The molecule has 1 atom stereocenters. The maximum atomic E-state index is 13.2. The van der Waals surface area contributed by atoms with Crippen LogP contribution in [0.25, 0.3) is 10.9 Å². The second kappa shape index (κ2) is 3.42. The lowest BCUT2D eigenvalue weighted by Crippen LogP contribution is -2.18. The molecule has 3 N–H and O–H groups in total. The third-order valence-corrected chi connectivity index (χ3v) is 2.25. The summed E-state index contributed by atoms with van der Waals surface area (Å²) < 4.78 is 13.2. The van der Waals surface area contributed by atoms with E-state index >= 15 is 0 Å². The Morgan fingerprint density at radius 3 is 3.00 bits per heavy atom. The number of H-pyrrole nitrogens is 1. The van der Waals surface area contributed by atoms with Crippen molar-refractivity contribution in [3.8, 4) is 0 Å². The zero-order valence-corrected chi connectivity index (χ0v) is 8.05. The zero-order chi connectivity index (χ0) is 10.1. The Balaban J connectivity index is 2.55. The first-order valence-electron chi connectivity index (χ1n) is 4.68. The van der Waals surface area contributed by atoms with E-state index in [0.717, 1.165) is 16.5 Å². The van der Waals surface area contributed by atoms with Crippen molar-refractivity contribution < 1.29 is 4.39 Å². The highest BCUT2D eigenvalue weighted by Gasteiger charge is 2.06. The van der Waals surface area contributed by atoms with Crippen LogP contribution < -0.4 is 5.73 Å². The van der Waals surface area contributed by atoms with Crippen molar-refractivity contribution in [1.29, 1.82) is 0 Å². The number of hydrogen-bond donors (Lipinski definition) is 2. The van der Waals surface area contributed by atoms with Gasteiger partial charge in [0.05, 0.1) is 0 Å². The first-order valence-corrected chi connectivity index (χ1v) is 4.68. The first-order chi connectivity index (χ1) is 6.66. The molecule has 0 saturated carbocycles. The van der Waals surface area contributed by atoms with Gasteiger partial charge in [0.2, 0.25) is 0 Å².